The van der Waals surface area contributed by atoms with E-state index in [1.807, 2.05) is 6.92 Å². The number of carbonyl (C=O) groups excluding carboxylic acids is 1. The third-order valence-corrected chi connectivity index (χ3v) is 2.14. The van der Waals surface area contributed by atoms with Gasteiger partial charge < -0.3 is 9.47 Å². The first-order valence-corrected chi connectivity index (χ1v) is 4.61. The average Bonchev–Trinajstić information content (AvgIpc) is 2.69. The number of hydrogen-bond acceptors (Lipinski definition) is 4. The molecule has 0 fully saturated rings. The van der Waals surface area contributed by atoms with Crippen LogP contribution in [0.5, 0.6) is 5.88 Å². The topological polar surface area (TPSA) is 53.3 Å². The summed E-state index contributed by atoms with van der Waals surface area (Å²) < 4.78 is 11.9. The molecule has 2 rings (SSSR count). The fourth-order valence-electron chi connectivity index (χ4n) is 1.49. The number of rotatable bonds is 2. The van der Waals surface area contributed by atoms with Crippen LogP contribution in [0.4, 0.5) is 0 Å². The molecular weight excluding hydrogens is 184 g/mol. The second kappa shape index (κ2) is 3.32. The summed E-state index contributed by atoms with van der Waals surface area (Å²) >= 11 is 0. The van der Waals surface area contributed by atoms with Crippen LogP contribution in [0.2, 0.25) is 0 Å². The molecule has 0 atom stereocenters. The van der Waals surface area contributed by atoms with Crippen molar-refractivity contribution in [3.8, 4) is 5.88 Å². The molecule has 0 saturated heterocycles. The van der Waals surface area contributed by atoms with Crippen LogP contribution in [0.1, 0.15) is 23.0 Å². The Kier molecular flexibility index (Phi) is 2.15. The van der Waals surface area contributed by atoms with Crippen LogP contribution in [0, 0.1) is 6.92 Å². The van der Waals surface area contributed by atoms with Crippen LogP contribution in [-0.4, -0.2) is 29.0 Å². The Bertz CT molecular complexity index is 370. The number of fused-ring (bicyclic) bond motifs is 1. The first-order chi connectivity index (χ1) is 6.74. The Balaban J connectivity index is 2.32. The fraction of sp³-hybridized carbons (Fsp3) is 0.556. The number of aromatic nitrogens is 2. The Labute approximate surface area is 81.6 Å². The van der Waals surface area contributed by atoms with Crippen molar-refractivity contribution in [2.75, 3.05) is 13.2 Å². The monoisotopic (exact) mass is 196 g/mol. The van der Waals surface area contributed by atoms with Gasteiger partial charge in [0, 0.05) is 5.56 Å². The largest absolute Gasteiger partial charge is 0.476 e. The Morgan fingerprint density at radius 2 is 2.50 bits per heavy atom. The molecule has 0 radical (unpaired) electrons. The summed E-state index contributed by atoms with van der Waals surface area (Å²) in [7, 11) is 0. The number of esters is 1. The standard InChI is InChI=1S/C9H12N2O3/c1-3-13-9(12)7-6(2)8-11(10-7)4-5-14-8/h3-5H2,1-2H3. The van der Waals surface area contributed by atoms with Crippen LogP contribution >= 0.6 is 0 Å². The molecule has 0 aliphatic carbocycles. The molecule has 76 valence electrons. The molecule has 14 heavy (non-hydrogen) atoms. The van der Waals surface area contributed by atoms with Crippen LogP contribution in [-0.2, 0) is 11.3 Å². The van der Waals surface area contributed by atoms with Gasteiger partial charge in [0.05, 0.1) is 13.2 Å². The smallest absolute Gasteiger partial charge is 0.359 e. The van der Waals surface area contributed by atoms with Crippen molar-refractivity contribution >= 4 is 5.97 Å². The van der Waals surface area contributed by atoms with Gasteiger partial charge in [0.25, 0.3) is 0 Å². The van der Waals surface area contributed by atoms with E-state index in [2.05, 4.69) is 5.10 Å². The van der Waals surface area contributed by atoms with Crippen LogP contribution < -0.4 is 4.74 Å². The molecule has 0 bridgehead atoms. The van der Waals surface area contributed by atoms with E-state index in [4.69, 9.17) is 9.47 Å². The fourth-order valence-corrected chi connectivity index (χ4v) is 1.49. The van der Waals surface area contributed by atoms with Gasteiger partial charge in [-0.1, -0.05) is 0 Å². The zero-order valence-corrected chi connectivity index (χ0v) is 8.24. The summed E-state index contributed by atoms with van der Waals surface area (Å²) in [6.45, 7) is 5.28. The Morgan fingerprint density at radius 1 is 1.71 bits per heavy atom. The van der Waals surface area contributed by atoms with Gasteiger partial charge >= 0.3 is 5.97 Å². The highest BCUT2D eigenvalue weighted by Crippen LogP contribution is 2.25. The summed E-state index contributed by atoms with van der Waals surface area (Å²) in [5, 5.41) is 4.13. The third kappa shape index (κ3) is 1.25. The lowest BCUT2D eigenvalue weighted by atomic mass is 10.3. The minimum absolute atomic E-state index is 0.362. The normalized spacial score (nSPS) is 13.6. The molecular formula is C9H12N2O3. The number of nitrogens with zero attached hydrogens (tertiary/aromatic N) is 2. The van der Waals surface area contributed by atoms with Crippen molar-refractivity contribution in [1.82, 2.24) is 9.78 Å². The predicted molar refractivity (Wildman–Crippen MR) is 48.4 cm³/mol. The highest BCUT2D eigenvalue weighted by Gasteiger charge is 2.24. The highest BCUT2D eigenvalue weighted by atomic mass is 16.5. The van der Waals surface area contributed by atoms with E-state index in [0.717, 1.165) is 5.56 Å². The minimum atomic E-state index is -0.379. The second-order valence-electron chi connectivity index (χ2n) is 3.07. The third-order valence-electron chi connectivity index (χ3n) is 2.14. The molecule has 0 unspecified atom stereocenters. The van der Waals surface area contributed by atoms with E-state index in [9.17, 15) is 4.79 Å². The van der Waals surface area contributed by atoms with Gasteiger partial charge in [-0.3, -0.25) is 0 Å². The molecule has 1 aromatic heterocycles. The molecule has 2 heterocycles. The van der Waals surface area contributed by atoms with E-state index in [-0.39, 0.29) is 5.97 Å². The lowest BCUT2D eigenvalue weighted by molar-refractivity contribution is 0.0517. The summed E-state index contributed by atoms with van der Waals surface area (Å²) in [5.41, 5.74) is 1.13. The van der Waals surface area contributed by atoms with Gasteiger partial charge in [-0.05, 0) is 13.8 Å². The van der Waals surface area contributed by atoms with Crippen molar-refractivity contribution in [2.45, 2.75) is 20.4 Å². The molecule has 5 heteroatoms. The number of carbonyl (C=O) groups is 1. The van der Waals surface area contributed by atoms with E-state index in [1.54, 1.807) is 11.6 Å². The van der Waals surface area contributed by atoms with Crippen molar-refractivity contribution < 1.29 is 14.3 Å². The Morgan fingerprint density at radius 3 is 3.14 bits per heavy atom. The number of hydrogen-bond donors (Lipinski definition) is 0. The molecule has 5 nitrogen and oxygen atoms in total. The van der Waals surface area contributed by atoms with Crippen LogP contribution in [0.15, 0.2) is 0 Å². The van der Waals surface area contributed by atoms with Crippen LogP contribution in [0.3, 0.4) is 0 Å². The van der Waals surface area contributed by atoms with Crippen molar-refractivity contribution in [2.24, 2.45) is 0 Å². The van der Waals surface area contributed by atoms with Gasteiger partial charge in [-0.15, -0.1) is 0 Å². The maximum atomic E-state index is 11.4. The highest BCUT2D eigenvalue weighted by molar-refractivity contribution is 5.89. The molecule has 0 aromatic carbocycles. The predicted octanol–water partition coefficient (Wildman–Crippen LogP) is 0.761. The van der Waals surface area contributed by atoms with Gasteiger partial charge in [0.15, 0.2) is 5.69 Å². The lowest BCUT2D eigenvalue weighted by Crippen LogP contribution is -2.09. The van der Waals surface area contributed by atoms with Gasteiger partial charge in [0.2, 0.25) is 5.88 Å². The summed E-state index contributed by atoms with van der Waals surface area (Å²) in [6.07, 6.45) is 0. The average molecular weight is 196 g/mol. The quantitative estimate of drug-likeness (QED) is 0.655. The Hall–Kier alpha value is -1.52. The van der Waals surface area contributed by atoms with E-state index in [1.165, 1.54) is 0 Å². The summed E-state index contributed by atoms with van der Waals surface area (Å²) in [4.78, 5) is 11.4. The van der Waals surface area contributed by atoms with Gasteiger partial charge in [-0.2, -0.15) is 5.10 Å². The second-order valence-corrected chi connectivity index (χ2v) is 3.07. The summed E-state index contributed by atoms with van der Waals surface area (Å²) in [5.74, 6) is 0.309. The molecule has 1 aliphatic heterocycles. The molecule has 0 saturated carbocycles. The summed E-state index contributed by atoms with van der Waals surface area (Å²) in [6, 6.07) is 0. The SMILES string of the molecule is CCOC(=O)c1nn2c(c1C)OCC2. The molecule has 1 aromatic rings. The first kappa shape index (κ1) is 9.05. The zero-order chi connectivity index (χ0) is 10.1. The van der Waals surface area contributed by atoms with E-state index >= 15 is 0 Å². The zero-order valence-electron chi connectivity index (χ0n) is 8.24. The van der Waals surface area contributed by atoms with Crippen molar-refractivity contribution in [1.29, 1.82) is 0 Å². The van der Waals surface area contributed by atoms with Gasteiger partial charge in [-0.25, -0.2) is 9.48 Å². The lowest BCUT2D eigenvalue weighted by Gasteiger charge is -1.99. The van der Waals surface area contributed by atoms with Gasteiger partial charge in [0.1, 0.15) is 6.61 Å². The molecule has 1 aliphatic rings. The van der Waals surface area contributed by atoms with Crippen LogP contribution in [0.25, 0.3) is 0 Å². The van der Waals surface area contributed by atoms with Crippen molar-refractivity contribution in [3.63, 3.8) is 0 Å². The molecule has 0 amide bonds. The maximum Gasteiger partial charge on any atom is 0.359 e. The first-order valence-electron chi connectivity index (χ1n) is 4.61. The molecule has 0 N–H and O–H groups in total. The maximum absolute atomic E-state index is 11.4. The molecule has 0 spiro atoms. The number of ether oxygens (including phenoxy) is 2. The van der Waals surface area contributed by atoms with E-state index in [0.29, 0.717) is 31.3 Å². The van der Waals surface area contributed by atoms with E-state index < -0.39 is 0 Å². The minimum Gasteiger partial charge on any atom is -0.476 e. The van der Waals surface area contributed by atoms with Crippen molar-refractivity contribution in [3.05, 3.63) is 11.3 Å².